The third-order valence-electron chi connectivity index (χ3n) is 0.993. The van der Waals surface area contributed by atoms with Crippen LogP contribution < -0.4 is 0 Å². The fourth-order valence-electron chi connectivity index (χ4n) is 0.630. The topological polar surface area (TPSA) is 26.3 Å². The summed E-state index contributed by atoms with van der Waals surface area (Å²) in [4.78, 5) is 10.1. The summed E-state index contributed by atoms with van der Waals surface area (Å²) < 4.78 is 4.67. The van der Waals surface area contributed by atoms with Gasteiger partial charge in [0.25, 0.3) is 0 Å². The molecule has 0 aromatic carbocycles. The molecule has 1 atom stereocenters. The van der Waals surface area contributed by atoms with E-state index in [0.29, 0.717) is 0 Å². The molecule has 0 aliphatic rings. The van der Waals surface area contributed by atoms with E-state index >= 15 is 0 Å². The van der Waals surface area contributed by atoms with Crippen molar-refractivity contribution in [3.8, 4) is 0 Å². The molecule has 0 fully saturated rings. The van der Waals surface area contributed by atoms with E-state index in [-0.39, 0.29) is 6.10 Å². The molecule has 1 radical (unpaired) electrons. The summed E-state index contributed by atoms with van der Waals surface area (Å²) in [6.07, 6.45) is 1.89. The molecule has 0 N–H and O–H groups in total. The second kappa shape index (κ2) is 4.56. The van der Waals surface area contributed by atoms with Crippen molar-refractivity contribution in [2.45, 2.75) is 32.8 Å². The van der Waals surface area contributed by atoms with Crippen molar-refractivity contribution < 1.29 is 9.53 Å². The van der Waals surface area contributed by atoms with Gasteiger partial charge in [-0.25, -0.2) is 4.79 Å². The van der Waals surface area contributed by atoms with Gasteiger partial charge in [-0.1, -0.05) is 13.3 Å². The minimum absolute atomic E-state index is 0.0139. The highest BCUT2D eigenvalue weighted by Crippen LogP contribution is 2.02. The van der Waals surface area contributed by atoms with Gasteiger partial charge in [-0.15, -0.1) is 0 Å². The number of hydrogen-bond acceptors (Lipinski definition) is 2. The van der Waals surface area contributed by atoms with Crippen LogP contribution in [-0.4, -0.2) is 11.4 Å². The smallest absolute Gasteiger partial charge is 0.400 e. The molecule has 0 amide bonds. The molecule has 0 bridgehead atoms. The predicted octanol–water partition coefficient (Wildman–Crippen LogP) is 2.51. The Morgan fingerprint density at radius 3 is 2.67 bits per heavy atom. The van der Waals surface area contributed by atoms with Crippen molar-refractivity contribution in [2.75, 3.05) is 0 Å². The number of carbonyl (C=O) groups is 1. The van der Waals surface area contributed by atoms with Crippen molar-refractivity contribution >= 4 is 17.9 Å². The van der Waals surface area contributed by atoms with Crippen LogP contribution in [0.4, 0.5) is 4.79 Å². The highest BCUT2D eigenvalue weighted by molar-refractivity contribution is 7.96. The molecule has 0 aliphatic carbocycles. The summed E-state index contributed by atoms with van der Waals surface area (Å²) in [5, 5.41) is -0.601. The van der Waals surface area contributed by atoms with Gasteiger partial charge in [-0.2, -0.15) is 0 Å². The Hall–Kier alpha value is -0.310. The predicted molar refractivity (Wildman–Crippen MR) is 38.4 cm³/mol. The Bertz CT molecular complexity index is 93.1. The maximum Gasteiger partial charge on any atom is 0.400 e. The van der Waals surface area contributed by atoms with E-state index in [1.165, 1.54) is 0 Å². The van der Waals surface area contributed by atoms with Crippen molar-refractivity contribution in [2.24, 2.45) is 0 Å². The van der Waals surface area contributed by atoms with Gasteiger partial charge in [0.2, 0.25) is 0 Å². The zero-order valence-electron chi connectivity index (χ0n) is 5.72. The second-order valence-corrected chi connectivity index (χ2v) is 2.30. The van der Waals surface area contributed by atoms with Gasteiger partial charge in [0.05, 0.1) is 0 Å². The summed E-state index contributed by atoms with van der Waals surface area (Å²) in [6.45, 7) is 3.88. The maximum absolute atomic E-state index is 10.1. The van der Waals surface area contributed by atoms with Gasteiger partial charge in [0.1, 0.15) is 6.10 Å². The normalized spacial score (nSPS) is 12.7. The Labute approximate surface area is 61.0 Å². The molecule has 0 rings (SSSR count). The summed E-state index contributed by atoms with van der Waals surface area (Å²) in [5.41, 5.74) is 0. The molecular formula is C6H11O2S. The summed E-state index contributed by atoms with van der Waals surface area (Å²) in [7, 11) is 0. The number of carbonyl (C=O) groups excluding carboxylic acids is 1. The SMILES string of the molecule is CCCC(C)OC(=O)[S]. The largest absolute Gasteiger partial charge is 0.451 e. The summed E-state index contributed by atoms with van der Waals surface area (Å²) >= 11 is 4.21. The van der Waals surface area contributed by atoms with Gasteiger partial charge in [0.15, 0.2) is 0 Å². The quantitative estimate of drug-likeness (QED) is 0.573. The molecule has 0 aromatic rings. The van der Waals surface area contributed by atoms with Crippen molar-refractivity contribution in [3.63, 3.8) is 0 Å². The van der Waals surface area contributed by atoms with Crippen LogP contribution in [-0.2, 0) is 4.74 Å². The standard InChI is InChI=1S/C6H11O2S/c1-3-4-5(2)8-6(7)9/h5H,3-4H2,1-2H3. The lowest BCUT2D eigenvalue weighted by Crippen LogP contribution is -2.08. The fourth-order valence-corrected chi connectivity index (χ4v) is 0.794. The van der Waals surface area contributed by atoms with E-state index in [2.05, 4.69) is 17.4 Å². The molecule has 0 aromatic heterocycles. The van der Waals surface area contributed by atoms with Crippen LogP contribution in [0, 0.1) is 0 Å². The van der Waals surface area contributed by atoms with Crippen molar-refractivity contribution in [1.29, 1.82) is 0 Å². The average molecular weight is 147 g/mol. The third-order valence-corrected chi connectivity index (χ3v) is 1.09. The Kier molecular flexibility index (Phi) is 4.40. The lowest BCUT2D eigenvalue weighted by molar-refractivity contribution is 0.128. The molecular weight excluding hydrogens is 136 g/mol. The first-order chi connectivity index (χ1) is 4.16. The molecule has 2 nitrogen and oxygen atoms in total. The van der Waals surface area contributed by atoms with Gasteiger partial charge >= 0.3 is 5.30 Å². The first kappa shape index (κ1) is 8.69. The summed E-state index contributed by atoms with van der Waals surface area (Å²) in [5.74, 6) is 0. The molecule has 53 valence electrons. The second-order valence-electron chi connectivity index (χ2n) is 1.97. The average Bonchev–Trinajstić information content (AvgIpc) is 1.63. The zero-order chi connectivity index (χ0) is 7.28. The Balaban J connectivity index is 3.26. The van der Waals surface area contributed by atoms with Crippen LogP contribution in [0.5, 0.6) is 0 Å². The van der Waals surface area contributed by atoms with E-state index < -0.39 is 5.30 Å². The van der Waals surface area contributed by atoms with Gasteiger partial charge in [-0.05, 0) is 13.3 Å². The van der Waals surface area contributed by atoms with E-state index in [0.717, 1.165) is 12.8 Å². The van der Waals surface area contributed by atoms with Crippen LogP contribution in [0.2, 0.25) is 0 Å². The Morgan fingerprint density at radius 2 is 2.33 bits per heavy atom. The molecule has 0 aliphatic heterocycles. The lowest BCUT2D eigenvalue weighted by atomic mass is 10.2. The van der Waals surface area contributed by atoms with Crippen LogP contribution >= 0.6 is 12.6 Å². The molecule has 0 saturated heterocycles. The molecule has 3 heteroatoms. The first-order valence-corrected chi connectivity index (χ1v) is 3.45. The van der Waals surface area contributed by atoms with Crippen LogP contribution in [0.3, 0.4) is 0 Å². The van der Waals surface area contributed by atoms with Crippen LogP contribution in [0.25, 0.3) is 0 Å². The van der Waals surface area contributed by atoms with Crippen LogP contribution in [0.1, 0.15) is 26.7 Å². The summed E-state index contributed by atoms with van der Waals surface area (Å²) in [6, 6.07) is 0. The molecule has 0 spiro atoms. The van der Waals surface area contributed by atoms with Gasteiger partial charge in [-0.3, -0.25) is 0 Å². The van der Waals surface area contributed by atoms with E-state index in [1.807, 2.05) is 13.8 Å². The number of hydrogen-bond donors (Lipinski definition) is 0. The maximum atomic E-state index is 10.1. The Morgan fingerprint density at radius 1 is 1.78 bits per heavy atom. The first-order valence-electron chi connectivity index (χ1n) is 3.04. The highest BCUT2D eigenvalue weighted by atomic mass is 32.1. The lowest BCUT2D eigenvalue weighted by Gasteiger charge is -2.07. The van der Waals surface area contributed by atoms with E-state index in [4.69, 9.17) is 0 Å². The zero-order valence-corrected chi connectivity index (χ0v) is 6.53. The molecule has 1 unspecified atom stereocenters. The molecule has 0 heterocycles. The van der Waals surface area contributed by atoms with E-state index in [9.17, 15) is 4.79 Å². The number of ether oxygens (including phenoxy) is 1. The molecule has 9 heavy (non-hydrogen) atoms. The monoisotopic (exact) mass is 147 g/mol. The van der Waals surface area contributed by atoms with Gasteiger partial charge < -0.3 is 4.74 Å². The van der Waals surface area contributed by atoms with Crippen LogP contribution in [0.15, 0.2) is 0 Å². The number of rotatable bonds is 3. The fraction of sp³-hybridized carbons (Fsp3) is 0.833. The minimum Gasteiger partial charge on any atom is -0.451 e. The van der Waals surface area contributed by atoms with E-state index in [1.54, 1.807) is 0 Å². The van der Waals surface area contributed by atoms with Crippen molar-refractivity contribution in [1.82, 2.24) is 0 Å². The van der Waals surface area contributed by atoms with Gasteiger partial charge in [0, 0.05) is 12.6 Å². The van der Waals surface area contributed by atoms with Crippen molar-refractivity contribution in [3.05, 3.63) is 0 Å². The minimum atomic E-state index is -0.601. The highest BCUT2D eigenvalue weighted by Gasteiger charge is 2.03. The molecule has 0 saturated carbocycles. The third kappa shape index (κ3) is 5.56.